The topological polar surface area (TPSA) is 138 Å². The Morgan fingerprint density at radius 2 is 2.03 bits per heavy atom. The average Bonchev–Trinajstić information content (AvgIpc) is 3.24. The van der Waals surface area contributed by atoms with Crippen molar-refractivity contribution in [1.82, 2.24) is 20.4 Å². The maximum Gasteiger partial charge on any atom is 0.404 e. The number of fused-ring (bicyclic) bond motifs is 2. The molecule has 36 heavy (non-hydrogen) atoms. The van der Waals surface area contributed by atoms with Crippen LogP contribution in [-0.4, -0.2) is 54.0 Å². The average molecular weight is 504 g/mol. The number of rotatable bonds is 10. The van der Waals surface area contributed by atoms with E-state index < -0.39 is 11.5 Å². The van der Waals surface area contributed by atoms with Gasteiger partial charge >= 0.3 is 6.09 Å². The highest BCUT2D eigenvalue weighted by atomic mass is 16.5. The monoisotopic (exact) mass is 503 g/mol. The van der Waals surface area contributed by atoms with Crippen molar-refractivity contribution < 1.29 is 23.9 Å². The highest BCUT2D eigenvalue weighted by Crippen LogP contribution is 2.43. The quantitative estimate of drug-likeness (QED) is 0.448. The van der Waals surface area contributed by atoms with Crippen LogP contribution in [-0.2, 0) is 9.53 Å². The summed E-state index contributed by atoms with van der Waals surface area (Å²) >= 11 is 0. The number of carbonyl (C=O) groups excluding carboxylic acids is 3. The van der Waals surface area contributed by atoms with Crippen LogP contribution in [0.2, 0.25) is 0 Å². The number of aromatic nitrogens is 2. The Balaban J connectivity index is 1.84. The first-order valence-electron chi connectivity index (χ1n) is 12.9. The summed E-state index contributed by atoms with van der Waals surface area (Å²) in [5.74, 6) is 1.06. The predicted octanol–water partition coefficient (Wildman–Crippen LogP) is 3.18. The number of nitrogens with two attached hydrogens (primary N) is 1. The van der Waals surface area contributed by atoms with Gasteiger partial charge in [-0.3, -0.25) is 9.59 Å². The van der Waals surface area contributed by atoms with E-state index in [2.05, 4.69) is 15.7 Å². The Labute approximate surface area is 213 Å². The lowest BCUT2D eigenvalue weighted by atomic mass is 9.65. The van der Waals surface area contributed by atoms with E-state index in [-0.39, 0.29) is 36.3 Å². The third-order valence-electron chi connectivity index (χ3n) is 7.21. The predicted molar refractivity (Wildman–Crippen MR) is 136 cm³/mol. The lowest BCUT2D eigenvalue weighted by Crippen LogP contribution is -2.52. The number of primary amides is 1. The van der Waals surface area contributed by atoms with Gasteiger partial charge in [-0.1, -0.05) is 32.8 Å². The molecule has 2 aliphatic rings. The normalized spacial score (nSPS) is 23.9. The molecule has 0 radical (unpaired) electrons. The van der Waals surface area contributed by atoms with E-state index in [9.17, 15) is 14.4 Å². The van der Waals surface area contributed by atoms with Gasteiger partial charge in [0.25, 0.3) is 5.91 Å². The van der Waals surface area contributed by atoms with Gasteiger partial charge < -0.3 is 25.8 Å². The van der Waals surface area contributed by atoms with Crippen LogP contribution in [0.15, 0.2) is 12.3 Å². The fraction of sp³-hybridized carbons (Fsp3) is 0.692. The van der Waals surface area contributed by atoms with Crippen LogP contribution in [0.3, 0.4) is 0 Å². The Hall–Kier alpha value is -3.04. The maximum absolute atomic E-state index is 13.5. The molecule has 1 heterocycles. The van der Waals surface area contributed by atoms with Gasteiger partial charge in [0, 0.05) is 25.2 Å². The largest absolute Gasteiger partial charge is 0.477 e. The Morgan fingerprint density at radius 1 is 1.28 bits per heavy atom. The van der Waals surface area contributed by atoms with E-state index in [1.807, 2.05) is 13.8 Å². The second-order valence-corrected chi connectivity index (χ2v) is 11.0. The van der Waals surface area contributed by atoms with Crippen LogP contribution in [0.1, 0.15) is 70.2 Å². The van der Waals surface area contributed by atoms with Crippen LogP contribution < -0.4 is 21.1 Å². The van der Waals surface area contributed by atoms with Gasteiger partial charge in [0.15, 0.2) is 0 Å². The van der Waals surface area contributed by atoms with Crippen molar-refractivity contribution in [2.24, 2.45) is 34.8 Å². The Morgan fingerprint density at radius 3 is 2.69 bits per heavy atom. The van der Waals surface area contributed by atoms with Crippen molar-refractivity contribution in [1.29, 1.82) is 0 Å². The molecule has 3 rings (SSSR count). The summed E-state index contributed by atoms with van der Waals surface area (Å²) in [6, 6.07) is -0.127. The maximum atomic E-state index is 13.5. The second-order valence-electron chi connectivity index (χ2n) is 11.0. The van der Waals surface area contributed by atoms with Crippen LogP contribution in [0.4, 0.5) is 4.79 Å². The molecule has 1 aromatic heterocycles. The number of carbonyl (C=O) groups is 3. The summed E-state index contributed by atoms with van der Waals surface area (Å²) in [6.45, 7) is 8.24. The zero-order valence-electron chi connectivity index (χ0n) is 22.1. The van der Waals surface area contributed by atoms with Gasteiger partial charge in [-0.05, 0) is 50.9 Å². The van der Waals surface area contributed by atoms with Crippen LogP contribution >= 0.6 is 0 Å². The summed E-state index contributed by atoms with van der Waals surface area (Å²) < 4.78 is 12.7. The fourth-order valence-corrected chi connectivity index (χ4v) is 5.32. The minimum atomic E-state index is -0.798. The van der Waals surface area contributed by atoms with Crippen molar-refractivity contribution in [2.75, 3.05) is 20.3 Å². The van der Waals surface area contributed by atoms with Crippen molar-refractivity contribution >= 4 is 24.1 Å². The molecule has 0 spiro atoms. The van der Waals surface area contributed by atoms with Crippen LogP contribution in [0.5, 0.6) is 5.88 Å². The molecular weight excluding hydrogens is 462 g/mol. The first kappa shape index (κ1) is 27.5. The van der Waals surface area contributed by atoms with E-state index in [1.54, 1.807) is 33.2 Å². The summed E-state index contributed by atoms with van der Waals surface area (Å²) in [5, 5.41) is 10.2. The van der Waals surface area contributed by atoms with Gasteiger partial charge in [-0.15, -0.1) is 0 Å². The van der Waals surface area contributed by atoms with E-state index in [0.29, 0.717) is 29.9 Å². The van der Waals surface area contributed by atoms with Gasteiger partial charge in [-0.25, -0.2) is 9.48 Å². The van der Waals surface area contributed by atoms with E-state index in [4.69, 9.17) is 15.2 Å². The van der Waals surface area contributed by atoms with Crippen molar-refractivity contribution in [3.05, 3.63) is 17.8 Å². The molecule has 3 amide bonds. The van der Waals surface area contributed by atoms with Crippen LogP contribution in [0.25, 0.3) is 6.20 Å². The zero-order valence-corrected chi connectivity index (χ0v) is 22.1. The number of ether oxygens (including phenoxy) is 2. The molecule has 3 unspecified atom stereocenters. The molecule has 0 saturated heterocycles. The Kier molecular flexibility index (Phi) is 9.03. The molecule has 2 fully saturated rings. The number of amides is 3. The molecule has 0 aromatic carbocycles. The number of nitrogens with one attached hydrogen (secondary N) is 2. The Bertz CT molecular complexity index is 970. The first-order valence-corrected chi connectivity index (χ1v) is 12.9. The third-order valence-corrected chi connectivity index (χ3v) is 7.21. The highest BCUT2D eigenvalue weighted by molar-refractivity contribution is 5.96. The molecule has 2 aliphatic carbocycles. The zero-order chi connectivity index (χ0) is 26.5. The standard InChI is InChI=1S/C26H41N5O5/c1-16(2)14-35-23-20(13-29-31(23)10-9-26(3,4)24(33)28-5)22(32)30-21-18-8-6-7-17(11-18)12-19(21)15-36-25(27)34/h9-10,13,16-19,21H,6-8,11-12,14-15H2,1-5H3,(H2,27,34)(H,28,33)(H,30,32)/b10-9+/t17?,18?,19?,21-/m0/s1. The summed E-state index contributed by atoms with van der Waals surface area (Å²) in [5.41, 5.74) is 4.77. The SMILES string of the molecule is CNC(=O)C(C)(C)/C=C/n1ncc(C(=O)N[C@H]2C3CCCC(C3)CC2COC(N)=O)c1OCC(C)C. The second kappa shape index (κ2) is 11.8. The van der Waals surface area contributed by atoms with Crippen molar-refractivity contribution in [3.63, 3.8) is 0 Å². The fourth-order valence-electron chi connectivity index (χ4n) is 5.32. The van der Waals surface area contributed by atoms with Gasteiger partial charge in [-0.2, -0.15) is 5.10 Å². The van der Waals surface area contributed by atoms with Gasteiger partial charge in [0.1, 0.15) is 5.56 Å². The van der Waals surface area contributed by atoms with E-state index in [1.165, 1.54) is 17.3 Å². The number of hydrogen-bond donors (Lipinski definition) is 3. The third kappa shape index (κ3) is 6.79. The molecule has 4 atom stereocenters. The smallest absolute Gasteiger partial charge is 0.404 e. The van der Waals surface area contributed by atoms with Crippen molar-refractivity contribution in [2.45, 2.75) is 65.8 Å². The molecule has 10 heteroatoms. The summed E-state index contributed by atoms with van der Waals surface area (Å²) in [6.07, 6.45) is 9.35. The molecule has 0 aliphatic heterocycles. The molecule has 2 saturated carbocycles. The molecule has 10 nitrogen and oxygen atoms in total. The first-order chi connectivity index (χ1) is 17.0. The summed E-state index contributed by atoms with van der Waals surface area (Å²) in [4.78, 5) is 37.0. The molecule has 4 N–H and O–H groups in total. The molecule has 200 valence electrons. The minimum Gasteiger partial charge on any atom is -0.477 e. The molecule has 2 bridgehead atoms. The highest BCUT2D eigenvalue weighted by Gasteiger charge is 2.41. The summed E-state index contributed by atoms with van der Waals surface area (Å²) in [7, 11) is 1.59. The lowest BCUT2D eigenvalue weighted by Gasteiger charge is -2.45. The van der Waals surface area contributed by atoms with Gasteiger partial charge in [0.2, 0.25) is 11.8 Å². The minimum absolute atomic E-state index is 0.00817. The number of hydrogen-bond acceptors (Lipinski definition) is 6. The number of nitrogens with zero attached hydrogens (tertiary/aromatic N) is 2. The lowest BCUT2D eigenvalue weighted by molar-refractivity contribution is -0.126. The van der Waals surface area contributed by atoms with Gasteiger partial charge in [0.05, 0.1) is 24.8 Å². The molecule has 1 aromatic rings. The van der Waals surface area contributed by atoms with Crippen LogP contribution in [0, 0.1) is 29.1 Å². The van der Waals surface area contributed by atoms with E-state index >= 15 is 0 Å². The van der Waals surface area contributed by atoms with Crippen molar-refractivity contribution in [3.8, 4) is 5.88 Å². The molecular formula is C26H41N5O5. The van der Waals surface area contributed by atoms with E-state index in [0.717, 1.165) is 25.7 Å².